The summed E-state index contributed by atoms with van der Waals surface area (Å²) in [5.41, 5.74) is -5.38. The van der Waals surface area contributed by atoms with Crippen molar-refractivity contribution in [3.05, 3.63) is 64.2 Å². The largest absolute Gasteiger partial charge is 0.453 e. The molecular weight excluding hydrogens is 615 g/mol. The first kappa shape index (κ1) is 34.8. The lowest BCUT2D eigenvalue weighted by atomic mass is 9.84. The summed E-state index contributed by atoms with van der Waals surface area (Å²) in [7, 11) is 2.26. The Bertz CT molecular complexity index is 1310. The minimum atomic E-state index is -5.18. The molecule has 0 N–H and O–H groups in total. The SMILES string of the molecule is COCCOC(=O)N1c2ccc(C(F)(F)F)cc2[C@@H](N(Cc2cc(C(F)(F)F)cc(C(F)(F)F)c2)C(=O)OC)C[C@H]1C(C)C. The molecule has 3 rings (SSSR count). The second-order valence-corrected chi connectivity index (χ2v) is 10.3. The minimum Gasteiger partial charge on any atom is -0.453 e. The minimum absolute atomic E-state index is 0.0153. The molecule has 0 radical (unpaired) electrons. The number of amides is 2. The van der Waals surface area contributed by atoms with Gasteiger partial charge in [-0.15, -0.1) is 0 Å². The lowest BCUT2D eigenvalue weighted by Gasteiger charge is -2.45. The van der Waals surface area contributed by atoms with Gasteiger partial charge in [-0.1, -0.05) is 13.8 Å². The van der Waals surface area contributed by atoms with Crippen molar-refractivity contribution in [2.75, 3.05) is 32.3 Å². The molecule has 244 valence electrons. The van der Waals surface area contributed by atoms with Gasteiger partial charge in [0.1, 0.15) is 6.61 Å². The smallest absolute Gasteiger partial charge is 0.416 e. The van der Waals surface area contributed by atoms with Crippen LogP contribution in [0, 0.1) is 5.92 Å². The number of hydrogen-bond donors (Lipinski definition) is 0. The van der Waals surface area contributed by atoms with E-state index in [1.165, 1.54) is 7.11 Å². The Labute approximate surface area is 246 Å². The molecule has 0 saturated carbocycles. The second-order valence-electron chi connectivity index (χ2n) is 10.3. The Kier molecular flexibility index (Phi) is 10.4. The van der Waals surface area contributed by atoms with Crippen LogP contribution in [-0.2, 0) is 39.3 Å². The van der Waals surface area contributed by atoms with Crippen molar-refractivity contribution < 1.29 is 63.3 Å². The summed E-state index contributed by atoms with van der Waals surface area (Å²) in [6.07, 6.45) is -17.7. The van der Waals surface area contributed by atoms with Crippen molar-refractivity contribution in [3.63, 3.8) is 0 Å². The van der Waals surface area contributed by atoms with Crippen molar-refractivity contribution in [2.45, 2.75) is 57.4 Å². The fourth-order valence-electron chi connectivity index (χ4n) is 4.96. The number of alkyl halides is 9. The summed E-state index contributed by atoms with van der Waals surface area (Å²) in [5.74, 6) is -0.409. The number of ether oxygens (including phenoxy) is 3. The van der Waals surface area contributed by atoms with E-state index in [1.54, 1.807) is 13.8 Å². The predicted molar refractivity (Wildman–Crippen MR) is 138 cm³/mol. The highest BCUT2D eigenvalue weighted by Crippen LogP contribution is 2.46. The first-order chi connectivity index (χ1) is 20.3. The highest BCUT2D eigenvalue weighted by molar-refractivity contribution is 5.90. The summed E-state index contributed by atoms with van der Waals surface area (Å²) in [6.45, 7) is 2.28. The van der Waals surface area contributed by atoms with Gasteiger partial charge in [-0.25, -0.2) is 9.59 Å². The van der Waals surface area contributed by atoms with Gasteiger partial charge >= 0.3 is 30.7 Å². The quantitative estimate of drug-likeness (QED) is 0.225. The third-order valence-electron chi connectivity index (χ3n) is 7.03. The molecule has 0 bridgehead atoms. The van der Waals surface area contributed by atoms with Crippen LogP contribution in [0.2, 0.25) is 0 Å². The van der Waals surface area contributed by atoms with E-state index in [9.17, 15) is 49.1 Å². The van der Waals surface area contributed by atoms with Crippen LogP contribution in [0.25, 0.3) is 0 Å². The van der Waals surface area contributed by atoms with E-state index in [1.807, 2.05) is 0 Å². The average Bonchev–Trinajstić information content (AvgIpc) is 2.92. The molecule has 1 heterocycles. The van der Waals surface area contributed by atoms with E-state index in [0.717, 1.165) is 23.0 Å². The third-order valence-corrected chi connectivity index (χ3v) is 7.03. The Balaban J connectivity index is 2.23. The number of rotatable bonds is 7. The van der Waals surface area contributed by atoms with Gasteiger partial charge in [0, 0.05) is 19.7 Å². The number of halogens is 9. The maximum Gasteiger partial charge on any atom is 0.416 e. The van der Waals surface area contributed by atoms with E-state index in [-0.39, 0.29) is 37.0 Å². The summed E-state index contributed by atoms with van der Waals surface area (Å²) in [4.78, 5) is 28.1. The summed E-state index contributed by atoms with van der Waals surface area (Å²) >= 11 is 0. The molecule has 1 aliphatic heterocycles. The Morgan fingerprint density at radius 2 is 1.43 bits per heavy atom. The van der Waals surface area contributed by atoms with E-state index >= 15 is 0 Å². The molecule has 16 heteroatoms. The maximum absolute atomic E-state index is 13.8. The van der Waals surface area contributed by atoms with Crippen LogP contribution in [0.3, 0.4) is 0 Å². The molecule has 1 aliphatic rings. The molecule has 2 aromatic rings. The number of benzene rings is 2. The molecule has 0 aromatic heterocycles. The van der Waals surface area contributed by atoms with E-state index in [4.69, 9.17) is 14.2 Å². The van der Waals surface area contributed by atoms with Crippen molar-refractivity contribution in [1.82, 2.24) is 4.90 Å². The van der Waals surface area contributed by atoms with Gasteiger partial charge in [0.2, 0.25) is 0 Å². The monoisotopic (exact) mass is 644 g/mol. The summed E-state index contributed by atoms with van der Waals surface area (Å²) in [5, 5.41) is 0. The molecule has 0 unspecified atom stereocenters. The zero-order valence-electron chi connectivity index (χ0n) is 23.9. The standard InChI is InChI=1S/C28H29F9N2O5/c1-15(2)22-13-23(20-12-17(26(29,30)31)5-6-21(20)39(22)25(41)44-8-7-42-3)38(24(40)43-4)14-16-9-18(27(32,33)34)11-19(10-16)28(35,36)37/h5-6,9-12,15,22-23H,7-8,13-14H2,1-4H3/t22-,23-/m0/s1. The summed E-state index contributed by atoms with van der Waals surface area (Å²) in [6, 6.07) is 0.922. The van der Waals surface area contributed by atoms with Crippen LogP contribution in [0.1, 0.15) is 54.1 Å². The first-order valence-electron chi connectivity index (χ1n) is 13.1. The molecule has 7 nitrogen and oxygen atoms in total. The molecule has 0 fully saturated rings. The number of anilines is 1. The zero-order valence-corrected chi connectivity index (χ0v) is 23.9. The molecule has 0 spiro atoms. The van der Waals surface area contributed by atoms with E-state index < -0.39 is 77.5 Å². The fraction of sp³-hybridized carbons (Fsp3) is 0.500. The lowest BCUT2D eigenvalue weighted by molar-refractivity contribution is -0.143. The summed E-state index contributed by atoms with van der Waals surface area (Å²) < 4.78 is 138. The van der Waals surface area contributed by atoms with Gasteiger partial charge in [0.25, 0.3) is 0 Å². The number of carbonyl (C=O) groups excluding carboxylic acids is 2. The molecule has 44 heavy (non-hydrogen) atoms. The number of methoxy groups -OCH3 is 2. The number of hydrogen-bond acceptors (Lipinski definition) is 5. The van der Waals surface area contributed by atoms with Crippen LogP contribution in [0.5, 0.6) is 0 Å². The lowest BCUT2D eigenvalue weighted by Crippen LogP contribution is -2.51. The van der Waals surface area contributed by atoms with Crippen LogP contribution in [-0.4, -0.2) is 50.6 Å². The Hall–Kier alpha value is -3.69. The van der Waals surface area contributed by atoms with Gasteiger partial charge in [0.15, 0.2) is 0 Å². The van der Waals surface area contributed by atoms with Gasteiger partial charge in [-0.05, 0) is 59.9 Å². The predicted octanol–water partition coefficient (Wildman–Crippen LogP) is 8.07. The number of nitrogens with zero attached hydrogens (tertiary/aromatic N) is 2. The Morgan fingerprint density at radius 1 is 0.864 bits per heavy atom. The first-order valence-corrected chi connectivity index (χ1v) is 13.1. The highest BCUT2D eigenvalue weighted by atomic mass is 19.4. The van der Waals surface area contributed by atoms with E-state index in [2.05, 4.69) is 0 Å². The molecule has 2 amide bonds. The zero-order chi connectivity index (χ0) is 33.2. The topological polar surface area (TPSA) is 68.3 Å². The van der Waals surface area contributed by atoms with Crippen molar-refractivity contribution >= 4 is 17.9 Å². The normalized spacial score (nSPS) is 17.4. The average molecular weight is 645 g/mol. The molecule has 0 aliphatic carbocycles. The molecule has 2 aromatic carbocycles. The van der Waals surface area contributed by atoms with Crippen molar-refractivity contribution in [1.29, 1.82) is 0 Å². The van der Waals surface area contributed by atoms with Gasteiger partial charge in [0.05, 0.1) is 42.1 Å². The highest BCUT2D eigenvalue weighted by Gasteiger charge is 2.44. The molecule has 0 saturated heterocycles. The van der Waals surface area contributed by atoms with Crippen LogP contribution < -0.4 is 4.90 Å². The van der Waals surface area contributed by atoms with Crippen LogP contribution in [0.4, 0.5) is 54.8 Å². The van der Waals surface area contributed by atoms with Gasteiger partial charge in [-0.2, -0.15) is 39.5 Å². The molecular formula is C28H29F9N2O5. The van der Waals surface area contributed by atoms with Gasteiger partial charge in [-0.3, -0.25) is 9.80 Å². The molecule has 2 atom stereocenters. The number of carbonyl (C=O) groups is 2. The third kappa shape index (κ3) is 7.87. The van der Waals surface area contributed by atoms with Crippen LogP contribution in [0.15, 0.2) is 36.4 Å². The van der Waals surface area contributed by atoms with E-state index in [0.29, 0.717) is 24.3 Å². The van der Waals surface area contributed by atoms with Gasteiger partial charge < -0.3 is 14.2 Å². The number of fused-ring (bicyclic) bond motifs is 1. The van der Waals surface area contributed by atoms with Crippen molar-refractivity contribution in [2.24, 2.45) is 5.92 Å². The van der Waals surface area contributed by atoms with Crippen LogP contribution >= 0.6 is 0 Å². The Morgan fingerprint density at radius 3 is 1.91 bits per heavy atom. The van der Waals surface area contributed by atoms with Crippen molar-refractivity contribution in [3.8, 4) is 0 Å². The second kappa shape index (κ2) is 13.1. The maximum atomic E-state index is 13.8. The fourth-order valence-corrected chi connectivity index (χ4v) is 4.96.